The number of carbonyl (C=O) groups is 1. The standard InChI is InChI=1S/C14H26N2O3S/c1-3-15-14(17)9-16(4-2)20(18,19)10-13-8-11-5-6-12(13)7-11/h11-13H,3-10H2,1-2H3,(H,15,17)/t11-,12-,13-/m0/s1. The van der Waals surface area contributed by atoms with Gasteiger partial charge in [-0.3, -0.25) is 4.79 Å². The molecule has 0 aromatic carbocycles. The smallest absolute Gasteiger partial charge is 0.235 e. The molecule has 0 heterocycles. The number of hydrogen-bond acceptors (Lipinski definition) is 3. The van der Waals surface area contributed by atoms with E-state index in [1.807, 2.05) is 6.92 Å². The SMILES string of the molecule is CCNC(=O)CN(CC)S(=O)(=O)C[C@@H]1C[C@H]2CC[C@H]1C2. The molecule has 2 aliphatic rings. The molecule has 2 aliphatic carbocycles. The van der Waals surface area contributed by atoms with E-state index in [9.17, 15) is 13.2 Å². The van der Waals surface area contributed by atoms with Gasteiger partial charge in [0.25, 0.3) is 0 Å². The molecule has 2 saturated carbocycles. The second kappa shape index (κ2) is 6.43. The molecule has 3 atom stereocenters. The third-order valence-corrected chi connectivity index (χ3v) is 6.77. The van der Waals surface area contributed by atoms with E-state index in [4.69, 9.17) is 0 Å². The third-order valence-electron chi connectivity index (χ3n) is 4.75. The van der Waals surface area contributed by atoms with Gasteiger partial charge in [-0.15, -0.1) is 0 Å². The van der Waals surface area contributed by atoms with E-state index in [2.05, 4.69) is 5.32 Å². The van der Waals surface area contributed by atoms with E-state index >= 15 is 0 Å². The second-order valence-corrected chi connectivity index (χ2v) is 8.11. The average molecular weight is 302 g/mol. The van der Waals surface area contributed by atoms with E-state index in [-0.39, 0.29) is 18.2 Å². The lowest BCUT2D eigenvalue weighted by Gasteiger charge is -2.26. The molecule has 2 fully saturated rings. The van der Waals surface area contributed by atoms with Crippen molar-refractivity contribution in [3.8, 4) is 0 Å². The van der Waals surface area contributed by atoms with Crippen molar-refractivity contribution in [1.29, 1.82) is 0 Å². The minimum absolute atomic E-state index is 0.0481. The van der Waals surface area contributed by atoms with Crippen LogP contribution in [0.5, 0.6) is 0 Å². The predicted octanol–water partition coefficient (Wildman–Crippen LogP) is 1.21. The van der Waals surface area contributed by atoms with Crippen LogP contribution >= 0.6 is 0 Å². The number of carbonyl (C=O) groups excluding carboxylic acids is 1. The molecular formula is C14H26N2O3S. The molecule has 0 aliphatic heterocycles. The van der Waals surface area contributed by atoms with Crippen LogP contribution in [0.3, 0.4) is 0 Å². The van der Waals surface area contributed by atoms with Crippen LogP contribution in [0.2, 0.25) is 0 Å². The first kappa shape index (κ1) is 15.8. The molecule has 0 aromatic heterocycles. The quantitative estimate of drug-likeness (QED) is 0.769. The third kappa shape index (κ3) is 3.52. The van der Waals surface area contributed by atoms with Gasteiger partial charge in [0.1, 0.15) is 0 Å². The molecule has 1 amide bonds. The van der Waals surface area contributed by atoms with Crippen molar-refractivity contribution in [3.05, 3.63) is 0 Å². The Kier molecular flexibility index (Phi) is 5.07. The number of fused-ring (bicyclic) bond motifs is 2. The van der Waals surface area contributed by atoms with E-state index in [0.29, 0.717) is 24.9 Å². The van der Waals surface area contributed by atoms with E-state index in [1.54, 1.807) is 6.92 Å². The van der Waals surface area contributed by atoms with Crippen LogP contribution in [0.15, 0.2) is 0 Å². The average Bonchev–Trinajstić information content (AvgIpc) is 2.97. The lowest BCUT2D eigenvalue weighted by Crippen LogP contribution is -2.42. The lowest BCUT2D eigenvalue weighted by atomic mass is 9.90. The molecule has 20 heavy (non-hydrogen) atoms. The van der Waals surface area contributed by atoms with Gasteiger partial charge in [-0.1, -0.05) is 13.3 Å². The zero-order chi connectivity index (χ0) is 14.8. The number of rotatable bonds is 7. The maximum Gasteiger partial charge on any atom is 0.235 e. The van der Waals surface area contributed by atoms with Gasteiger partial charge >= 0.3 is 0 Å². The Morgan fingerprint density at radius 2 is 2.00 bits per heavy atom. The highest BCUT2D eigenvalue weighted by Crippen LogP contribution is 2.48. The Morgan fingerprint density at radius 3 is 2.50 bits per heavy atom. The van der Waals surface area contributed by atoms with Crippen molar-refractivity contribution >= 4 is 15.9 Å². The number of hydrogen-bond donors (Lipinski definition) is 1. The van der Waals surface area contributed by atoms with E-state index in [0.717, 1.165) is 12.3 Å². The number of sulfonamides is 1. The van der Waals surface area contributed by atoms with Crippen molar-refractivity contribution in [2.75, 3.05) is 25.4 Å². The van der Waals surface area contributed by atoms with Gasteiger partial charge in [0.2, 0.25) is 15.9 Å². The van der Waals surface area contributed by atoms with Crippen LogP contribution in [0.25, 0.3) is 0 Å². The van der Waals surface area contributed by atoms with Crippen LogP contribution in [-0.4, -0.2) is 44.0 Å². The van der Waals surface area contributed by atoms with Crippen LogP contribution in [0.4, 0.5) is 0 Å². The highest BCUT2D eigenvalue weighted by molar-refractivity contribution is 7.89. The molecule has 116 valence electrons. The highest BCUT2D eigenvalue weighted by atomic mass is 32.2. The number of amides is 1. The number of likely N-dealkylation sites (N-methyl/N-ethyl adjacent to an activating group) is 2. The summed E-state index contributed by atoms with van der Waals surface area (Å²) < 4.78 is 26.3. The van der Waals surface area contributed by atoms with Crippen molar-refractivity contribution in [2.45, 2.75) is 39.5 Å². The summed E-state index contributed by atoms with van der Waals surface area (Å²) in [6.07, 6.45) is 4.73. The minimum atomic E-state index is -3.32. The van der Waals surface area contributed by atoms with Crippen molar-refractivity contribution in [1.82, 2.24) is 9.62 Å². The first-order valence-electron chi connectivity index (χ1n) is 7.70. The Balaban J connectivity index is 1.95. The summed E-state index contributed by atoms with van der Waals surface area (Å²) in [7, 11) is -3.32. The Bertz CT molecular complexity index is 449. The molecule has 0 aromatic rings. The van der Waals surface area contributed by atoms with Crippen LogP contribution in [0, 0.1) is 17.8 Å². The van der Waals surface area contributed by atoms with Gasteiger partial charge in [0, 0.05) is 13.1 Å². The lowest BCUT2D eigenvalue weighted by molar-refractivity contribution is -0.121. The molecule has 0 radical (unpaired) electrons. The van der Waals surface area contributed by atoms with Gasteiger partial charge in [-0.25, -0.2) is 8.42 Å². The summed E-state index contributed by atoms with van der Waals surface area (Å²) in [6.45, 7) is 4.46. The number of nitrogens with one attached hydrogen (secondary N) is 1. The zero-order valence-corrected chi connectivity index (χ0v) is 13.3. The second-order valence-electron chi connectivity index (χ2n) is 6.09. The summed E-state index contributed by atoms with van der Waals surface area (Å²) in [5.41, 5.74) is 0. The first-order chi connectivity index (χ1) is 9.46. The Labute approximate surface area is 122 Å². The maximum absolute atomic E-state index is 12.5. The van der Waals surface area contributed by atoms with Crippen molar-refractivity contribution in [2.24, 2.45) is 17.8 Å². The molecule has 2 bridgehead atoms. The fraction of sp³-hybridized carbons (Fsp3) is 0.929. The summed E-state index contributed by atoms with van der Waals surface area (Å²) in [5, 5.41) is 2.66. The molecule has 1 N–H and O–H groups in total. The monoisotopic (exact) mass is 302 g/mol. The highest BCUT2D eigenvalue weighted by Gasteiger charge is 2.42. The summed E-state index contributed by atoms with van der Waals surface area (Å²) in [6, 6.07) is 0. The molecular weight excluding hydrogens is 276 g/mol. The van der Waals surface area contributed by atoms with Crippen molar-refractivity contribution in [3.63, 3.8) is 0 Å². The molecule has 5 nitrogen and oxygen atoms in total. The zero-order valence-electron chi connectivity index (χ0n) is 12.5. The van der Waals surface area contributed by atoms with Crippen molar-refractivity contribution < 1.29 is 13.2 Å². The Hall–Kier alpha value is -0.620. The van der Waals surface area contributed by atoms with E-state index in [1.165, 1.54) is 23.6 Å². The van der Waals surface area contributed by atoms with Gasteiger partial charge in [0.05, 0.1) is 12.3 Å². The molecule has 0 unspecified atom stereocenters. The van der Waals surface area contributed by atoms with Gasteiger partial charge in [0.15, 0.2) is 0 Å². The van der Waals surface area contributed by atoms with Gasteiger partial charge in [-0.2, -0.15) is 4.31 Å². The van der Waals surface area contributed by atoms with Crippen LogP contribution in [-0.2, 0) is 14.8 Å². The first-order valence-corrected chi connectivity index (χ1v) is 9.31. The topological polar surface area (TPSA) is 66.5 Å². The van der Waals surface area contributed by atoms with Crippen LogP contribution < -0.4 is 5.32 Å². The van der Waals surface area contributed by atoms with Gasteiger partial charge < -0.3 is 5.32 Å². The fourth-order valence-corrected chi connectivity index (χ4v) is 5.64. The van der Waals surface area contributed by atoms with Gasteiger partial charge in [-0.05, 0) is 43.9 Å². The minimum Gasteiger partial charge on any atom is -0.355 e. The van der Waals surface area contributed by atoms with E-state index < -0.39 is 10.0 Å². The summed E-state index contributed by atoms with van der Waals surface area (Å²) in [4.78, 5) is 11.6. The van der Waals surface area contributed by atoms with Crippen LogP contribution in [0.1, 0.15) is 39.5 Å². The molecule has 2 rings (SSSR count). The number of nitrogens with zero attached hydrogens (tertiary/aromatic N) is 1. The molecule has 0 saturated heterocycles. The predicted molar refractivity (Wildman–Crippen MR) is 78.7 cm³/mol. The Morgan fingerprint density at radius 1 is 1.25 bits per heavy atom. The largest absolute Gasteiger partial charge is 0.355 e. The normalized spacial score (nSPS) is 29.1. The molecule has 6 heteroatoms. The molecule has 0 spiro atoms. The fourth-order valence-electron chi connectivity index (χ4n) is 3.78. The maximum atomic E-state index is 12.5. The summed E-state index contributed by atoms with van der Waals surface area (Å²) in [5.74, 6) is 1.66. The summed E-state index contributed by atoms with van der Waals surface area (Å²) >= 11 is 0.